The molecule has 0 atom stereocenters. The Hall–Kier alpha value is -5.76. The molecule has 0 spiro atoms. The molecule has 0 aliphatic rings. The van der Waals surface area contributed by atoms with E-state index in [-0.39, 0.29) is 24.7 Å². The Kier molecular flexibility index (Phi) is 9.74. The lowest BCUT2D eigenvalue weighted by atomic mass is 10.1. The van der Waals surface area contributed by atoms with Gasteiger partial charge in [0.25, 0.3) is 0 Å². The topological polar surface area (TPSA) is 112 Å². The predicted molar refractivity (Wildman–Crippen MR) is 163 cm³/mol. The van der Waals surface area contributed by atoms with Gasteiger partial charge in [0.15, 0.2) is 11.5 Å². The summed E-state index contributed by atoms with van der Waals surface area (Å²) in [5.41, 5.74) is 2.74. The predicted octanol–water partition coefficient (Wildman–Crippen LogP) is 7.40. The summed E-state index contributed by atoms with van der Waals surface area (Å²) in [6.45, 7) is 0.930. The van der Waals surface area contributed by atoms with Crippen molar-refractivity contribution in [2.75, 3.05) is 0 Å². The smallest absolute Gasteiger partial charge is 0.340 e. The summed E-state index contributed by atoms with van der Waals surface area (Å²) in [7, 11) is 0. The van der Waals surface area contributed by atoms with Crippen LogP contribution in [0.15, 0.2) is 121 Å². The Morgan fingerprint density at radius 2 is 0.886 bits per heavy atom. The normalized spacial score (nSPS) is 10.5. The average molecular weight is 591 g/mol. The summed E-state index contributed by atoms with van der Waals surface area (Å²) in [5.74, 6) is -1.52. The van der Waals surface area contributed by atoms with Crippen LogP contribution in [0.5, 0.6) is 23.0 Å². The van der Waals surface area contributed by atoms with Gasteiger partial charge in [-0.05, 0) is 58.7 Å². The van der Waals surface area contributed by atoms with Crippen molar-refractivity contribution >= 4 is 11.9 Å². The lowest BCUT2D eigenvalue weighted by molar-refractivity contribution is 0.0646. The minimum atomic E-state index is -1.44. The van der Waals surface area contributed by atoms with E-state index in [0.717, 1.165) is 22.3 Å². The molecule has 0 unspecified atom stereocenters. The van der Waals surface area contributed by atoms with Crippen molar-refractivity contribution in [3.8, 4) is 23.0 Å². The van der Waals surface area contributed by atoms with Crippen molar-refractivity contribution in [3.05, 3.63) is 155 Å². The van der Waals surface area contributed by atoms with Crippen molar-refractivity contribution < 1.29 is 38.7 Å². The lowest BCUT2D eigenvalue weighted by Crippen LogP contribution is -2.12. The van der Waals surface area contributed by atoms with Crippen molar-refractivity contribution in [1.82, 2.24) is 0 Å². The SMILES string of the molecule is O=C(O)c1ccc(OCc2ccc(OCc3ccccc3)cc2)c(OCc2ccc(OCc3ccccc3)cc2)c1C(=O)O. The van der Waals surface area contributed by atoms with Gasteiger partial charge in [-0.3, -0.25) is 0 Å². The first-order valence-electron chi connectivity index (χ1n) is 13.9. The second-order valence-electron chi connectivity index (χ2n) is 9.84. The number of aromatic carboxylic acids is 2. The number of benzene rings is 5. The second kappa shape index (κ2) is 14.4. The molecular formula is C36H30O8. The molecule has 0 radical (unpaired) electrons. The fraction of sp³-hybridized carbons (Fsp3) is 0.111. The monoisotopic (exact) mass is 590 g/mol. The Labute approximate surface area is 254 Å². The third-order valence-corrected chi connectivity index (χ3v) is 6.69. The van der Waals surface area contributed by atoms with Gasteiger partial charge >= 0.3 is 11.9 Å². The Balaban J connectivity index is 1.26. The van der Waals surface area contributed by atoms with E-state index in [0.29, 0.717) is 24.7 Å². The third-order valence-electron chi connectivity index (χ3n) is 6.69. The average Bonchev–Trinajstić information content (AvgIpc) is 3.06. The van der Waals surface area contributed by atoms with Gasteiger partial charge in [0.2, 0.25) is 0 Å². The molecule has 0 saturated heterocycles. The van der Waals surface area contributed by atoms with Gasteiger partial charge in [-0.15, -0.1) is 0 Å². The maximum atomic E-state index is 12.2. The first kappa shape index (κ1) is 29.7. The van der Waals surface area contributed by atoms with Crippen molar-refractivity contribution in [3.63, 3.8) is 0 Å². The van der Waals surface area contributed by atoms with Crippen molar-refractivity contribution in [2.24, 2.45) is 0 Å². The van der Waals surface area contributed by atoms with Crippen LogP contribution in [0.25, 0.3) is 0 Å². The number of carboxylic acids is 2. The van der Waals surface area contributed by atoms with E-state index in [9.17, 15) is 19.8 Å². The third kappa shape index (κ3) is 7.95. The van der Waals surface area contributed by atoms with Gasteiger partial charge in [-0.1, -0.05) is 84.9 Å². The van der Waals surface area contributed by atoms with E-state index in [1.807, 2.05) is 84.9 Å². The van der Waals surface area contributed by atoms with Crippen molar-refractivity contribution in [1.29, 1.82) is 0 Å². The van der Waals surface area contributed by atoms with E-state index in [1.54, 1.807) is 24.3 Å². The van der Waals surface area contributed by atoms with E-state index in [1.165, 1.54) is 12.1 Å². The van der Waals surface area contributed by atoms with Gasteiger partial charge in [-0.2, -0.15) is 0 Å². The molecule has 5 aromatic rings. The van der Waals surface area contributed by atoms with E-state index >= 15 is 0 Å². The maximum Gasteiger partial charge on any atom is 0.340 e. The summed E-state index contributed by atoms with van der Waals surface area (Å²) in [6.07, 6.45) is 0. The second-order valence-corrected chi connectivity index (χ2v) is 9.84. The number of ether oxygens (including phenoxy) is 4. The minimum Gasteiger partial charge on any atom is -0.489 e. The molecule has 222 valence electrons. The molecule has 0 aliphatic carbocycles. The zero-order valence-electron chi connectivity index (χ0n) is 23.7. The minimum absolute atomic E-state index is 0.0217. The van der Waals surface area contributed by atoms with Gasteiger partial charge in [-0.25, -0.2) is 9.59 Å². The summed E-state index contributed by atoms with van der Waals surface area (Å²) in [4.78, 5) is 24.0. The number of rotatable bonds is 14. The van der Waals surface area contributed by atoms with Crippen molar-refractivity contribution in [2.45, 2.75) is 26.4 Å². The molecule has 5 aromatic carbocycles. The van der Waals surface area contributed by atoms with Crippen LogP contribution in [0.2, 0.25) is 0 Å². The molecule has 2 N–H and O–H groups in total. The summed E-state index contributed by atoms with van der Waals surface area (Å²) in [6, 6.07) is 36.7. The quantitative estimate of drug-likeness (QED) is 0.138. The summed E-state index contributed by atoms with van der Waals surface area (Å²) in [5, 5.41) is 19.6. The Bertz CT molecular complexity index is 1680. The molecule has 8 nitrogen and oxygen atoms in total. The fourth-order valence-corrected chi connectivity index (χ4v) is 4.37. The molecule has 0 fully saturated rings. The molecule has 8 heteroatoms. The summed E-state index contributed by atoms with van der Waals surface area (Å²) >= 11 is 0. The highest BCUT2D eigenvalue weighted by Crippen LogP contribution is 2.36. The first-order chi connectivity index (χ1) is 21.5. The van der Waals surface area contributed by atoms with Crippen LogP contribution >= 0.6 is 0 Å². The largest absolute Gasteiger partial charge is 0.489 e. The van der Waals surface area contributed by atoms with Gasteiger partial charge < -0.3 is 29.2 Å². The zero-order valence-corrected chi connectivity index (χ0v) is 23.7. The summed E-state index contributed by atoms with van der Waals surface area (Å²) < 4.78 is 23.5. The fourth-order valence-electron chi connectivity index (χ4n) is 4.37. The van der Waals surface area contributed by atoms with Crippen LogP contribution < -0.4 is 18.9 Å². The standard InChI is InChI=1S/C36H30O8/c37-35(38)31-19-20-32(43-23-27-11-15-29(16-12-27)41-21-25-7-3-1-4-8-25)34(33(31)36(39)40)44-24-28-13-17-30(18-14-28)42-22-26-9-5-2-6-10-26/h1-20H,21-24H2,(H,37,38)(H,39,40). The highest BCUT2D eigenvalue weighted by Gasteiger charge is 2.25. The molecule has 0 aromatic heterocycles. The lowest BCUT2D eigenvalue weighted by Gasteiger charge is -2.17. The molecule has 44 heavy (non-hydrogen) atoms. The van der Waals surface area contributed by atoms with Crippen LogP contribution in [0.4, 0.5) is 0 Å². The molecular weight excluding hydrogens is 560 g/mol. The number of hydrogen-bond donors (Lipinski definition) is 2. The highest BCUT2D eigenvalue weighted by atomic mass is 16.5. The molecule has 0 aliphatic heterocycles. The Morgan fingerprint density at radius 3 is 1.34 bits per heavy atom. The van der Waals surface area contributed by atoms with Crippen LogP contribution in [-0.2, 0) is 26.4 Å². The van der Waals surface area contributed by atoms with Crippen LogP contribution in [0.3, 0.4) is 0 Å². The van der Waals surface area contributed by atoms with E-state index in [2.05, 4.69) is 0 Å². The molecule has 0 saturated carbocycles. The van der Waals surface area contributed by atoms with E-state index < -0.39 is 23.1 Å². The first-order valence-corrected chi connectivity index (χ1v) is 13.9. The zero-order chi connectivity index (χ0) is 30.7. The van der Waals surface area contributed by atoms with Crippen LogP contribution in [0, 0.1) is 0 Å². The molecule has 0 amide bonds. The van der Waals surface area contributed by atoms with Crippen LogP contribution in [-0.4, -0.2) is 22.2 Å². The molecule has 0 bridgehead atoms. The van der Waals surface area contributed by atoms with Gasteiger partial charge in [0, 0.05) is 0 Å². The van der Waals surface area contributed by atoms with Gasteiger partial charge in [0.05, 0.1) is 5.56 Å². The molecule has 0 heterocycles. The van der Waals surface area contributed by atoms with Crippen LogP contribution in [0.1, 0.15) is 43.0 Å². The maximum absolute atomic E-state index is 12.2. The highest BCUT2D eigenvalue weighted by molar-refractivity contribution is 6.04. The number of carboxylic acid groups (broad SMARTS) is 2. The van der Waals surface area contributed by atoms with E-state index in [4.69, 9.17) is 18.9 Å². The molecule has 5 rings (SSSR count). The van der Waals surface area contributed by atoms with Gasteiger partial charge in [0.1, 0.15) is 43.5 Å². The number of hydrogen-bond acceptors (Lipinski definition) is 6. The number of carbonyl (C=O) groups is 2. The Morgan fingerprint density at radius 1 is 0.455 bits per heavy atom.